The third-order valence-corrected chi connectivity index (χ3v) is 7.08. The maximum atomic E-state index is 6.39. The Bertz CT molecular complexity index is 1140. The van der Waals surface area contributed by atoms with E-state index >= 15 is 0 Å². The van der Waals surface area contributed by atoms with E-state index in [0.29, 0.717) is 12.1 Å². The molecular weight excluding hydrogens is 354 g/mol. The number of allylic oxidation sites excluding steroid dienone is 1. The Morgan fingerprint density at radius 1 is 1.22 bits per heavy atom. The van der Waals surface area contributed by atoms with E-state index in [-0.39, 0.29) is 0 Å². The Morgan fingerprint density at radius 3 is 3.00 bits per heavy atom. The van der Waals surface area contributed by atoms with Crippen molar-refractivity contribution in [2.75, 3.05) is 7.05 Å². The first kappa shape index (κ1) is 15.9. The minimum Gasteiger partial charge on any atom is -0.320 e. The zero-order valence-corrected chi connectivity index (χ0v) is 16.4. The number of aromatic nitrogens is 2. The lowest BCUT2D eigenvalue weighted by atomic mass is 9.84. The Kier molecular flexibility index (Phi) is 3.22. The first-order valence-electron chi connectivity index (χ1n) is 9.81. The fourth-order valence-corrected chi connectivity index (χ4v) is 5.59. The highest BCUT2D eigenvalue weighted by Gasteiger charge is 2.40. The van der Waals surface area contributed by atoms with Crippen molar-refractivity contribution in [3.8, 4) is 0 Å². The van der Waals surface area contributed by atoms with Crippen molar-refractivity contribution >= 4 is 34.3 Å². The summed E-state index contributed by atoms with van der Waals surface area (Å²) < 4.78 is 2.47. The fourth-order valence-electron chi connectivity index (χ4n) is 5.41. The standard InChI is InChI=1S/C23H22ClN3/c1-13-7-18-14(11-25-13)8-15(18)12-27-20-5-3-16(24)9-19(20)23-21-6-4-17(26(21)2)10-22(23)27/h3,5,7,9,11-12,17,21H,4,6,8,10H2,1-2H3. The molecule has 1 aromatic carbocycles. The van der Waals surface area contributed by atoms with Crippen molar-refractivity contribution in [1.82, 2.24) is 14.5 Å². The molecule has 0 saturated carbocycles. The van der Waals surface area contributed by atoms with E-state index < -0.39 is 0 Å². The van der Waals surface area contributed by atoms with Crippen LogP contribution < -0.4 is 0 Å². The van der Waals surface area contributed by atoms with Gasteiger partial charge in [0.1, 0.15) is 0 Å². The molecule has 3 aliphatic rings. The number of rotatable bonds is 1. The first-order chi connectivity index (χ1) is 13.1. The van der Waals surface area contributed by atoms with Gasteiger partial charge < -0.3 is 4.57 Å². The molecule has 4 heteroatoms. The molecule has 2 aromatic heterocycles. The average molecular weight is 376 g/mol. The average Bonchev–Trinajstić information content (AvgIpc) is 3.04. The molecule has 2 atom stereocenters. The van der Waals surface area contributed by atoms with Gasteiger partial charge in [-0.25, -0.2) is 0 Å². The van der Waals surface area contributed by atoms with Gasteiger partial charge in [0, 0.05) is 59.1 Å². The van der Waals surface area contributed by atoms with Crippen molar-refractivity contribution in [3.63, 3.8) is 0 Å². The van der Waals surface area contributed by atoms with Crippen molar-refractivity contribution < 1.29 is 0 Å². The van der Waals surface area contributed by atoms with Gasteiger partial charge in [0.05, 0.1) is 5.52 Å². The number of fused-ring (bicyclic) bond motifs is 7. The number of likely N-dealkylation sites (N-methyl/N-ethyl adjacent to an activating group) is 1. The minimum absolute atomic E-state index is 0.527. The molecule has 1 saturated heterocycles. The Hall–Kier alpha value is -2.10. The van der Waals surface area contributed by atoms with Crippen LogP contribution >= 0.6 is 11.6 Å². The zero-order valence-electron chi connectivity index (χ0n) is 15.7. The highest BCUT2D eigenvalue weighted by molar-refractivity contribution is 6.31. The van der Waals surface area contributed by atoms with Crippen molar-refractivity contribution in [2.24, 2.45) is 0 Å². The number of aryl methyl sites for hydroxylation is 1. The second-order valence-corrected chi connectivity index (χ2v) is 8.76. The van der Waals surface area contributed by atoms with Crippen molar-refractivity contribution in [2.45, 2.75) is 44.7 Å². The van der Waals surface area contributed by atoms with Crippen LogP contribution in [0, 0.1) is 6.92 Å². The van der Waals surface area contributed by atoms with Crippen LogP contribution in [0.15, 0.2) is 30.5 Å². The third-order valence-electron chi connectivity index (χ3n) is 6.85. The number of hydrogen-bond acceptors (Lipinski definition) is 2. The van der Waals surface area contributed by atoms with Crippen LogP contribution in [-0.4, -0.2) is 27.5 Å². The van der Waals surface area contributed by atoms with E-state index in [1.54, 1.807) is 0 Å². The molecule has 136 valence electrons. The molecule has 3 nitrogen and oxygen atoms in total. The Morgan fingerprint density at radius 2 is 2.11 bits per heavy atom. The topological polar surface area (TPSA) is 21.1 Å². The number of pyridine rings is 1. The lowest BCUT2D eigenvalue weighted by Gasteiger charge is -2.32. The molecule has 0 N–H and O–H groups in total. The number of halogens is 1. The molecule has 1 aliphatic carbocycles. The smallest absolute Gasteiger partial charge is 0.0529 e. The van der Waals surface area contributed by atoms with Gasteiger partial charge in [-0.05, 0) is 73.3 Å². The molecule has 27 heavy (non-hydrogen) atoms. The van der Waals surface area contributed by atoms with Gasteiger partial charge in [-0.15, -0.1) is 0 Å². The van der Waals surface area contributed by atoms with E-state index in [1.165, 1.54) is 51.7 Å². The summed E-state index contributed by atoms with van der Waals surface area (Å²) in [5.74, 6) is 0. The van der Waals surface area contributed by atoms with Gasteiger partial charge in [0.25, 0.3) is 0 Å². The molecule has 2 bridgehead atoms. The predicted octanol–water partition coefficient (Wildman–Crippen LogP) is 5.24. The molecular formula is C23H22ClN3. The first-order valence-corrected chi connectivity index (χ1v) is 10.2. The molecule has 3 aromatic rings. The maximum absolute atomic E-state index is 6.39. The van der Waals surface area contributed by atoms with Gasteiger partial charge in [-0.3, -0.25) is 9.88 Å². The largest absolute Gasteiger partial charge is 0.320 e. The highest BCUT2D eigenvalue weighted by Crippen LogP contribution is 2.48. The second kappa shape index (κ2) is 5.46. The van der Waals surface area contributed by atoms with Gasteiger partial charge in [0.2, 0.25) is 0 Å². The molecule has 0 amide bonds. The summed E-state index contributed by atoms with van der Waals surface area (Å²) in [5.41, 5.74) is 9.51. The maximum Gasteiger partial charge on any atom is 0.0529 e. The van der Waals surface area contributed by atoms with Gasteiger partial charge >= 0.3 is 0 Å². The van der Waals surface area contributed by atoms with Crippen molar-refractivity contribution in [1.29, 1.82) is 0 Å². The highest BCUT2D eigenvalue weighted by atomic mass is 35.5. The summed E-state index contributed by atoms with van der Waals surface area (Å²) in [5, 5.41) is 2.16. The third kappa shape index (κ3) is 2.16. The summed E-state index contributed by atoms with van der Waals surface area (Å²) in [6, 6.07) is 9.80. The SMILES string of the molecule is Cc1cc2c(cn1)CC2=Cn1c2c(c3cc(Cl)ccc31)C1CCC(C2)N1C. The summed E-state index contributed by atoms with van der Waals surface area (Å²) in [7, 11) is 2.29. The fraction of sp³-hybridized carbons (Fsp3) is 0.348. The van der Waals surface area contributed by atoms with Crippen LogP contribution in [-0.2, 0) is 12.8 Å². The quantitative estimate of drug-likeness (QED) is 0.579. The van der Waals surface area contributed by atoms with Crippen LogP contribution in [0.25, 0.3) is 22.7 Å². The lowest BCUT2D eigenvalue weighted by molar-refractivity contribution is 0.223. The number of hydrogen-bond donors (Lipinski definition) is 0. The van der Waals surface area contributed by atoms with Gasteiger partial charge in [-0.1, -0.05) is 11.6 Å². The molecule has 0 radical (unpaired) electrons. The summed E-state index contributed by atoms with van der Waals surface area (Å²) >= 11 is 6.39. The number of benzene rings is 1. The zero-order chi connectivity index (χ0) is 18.3. The minimum atomic E-state index is 0.527. The van der Waals surface area contributed by atoms with E-state index in [9.17, 15) is 0 Å². The van der Waals surface area contributed by atoms with Crippen LogP contribution in [0.1, 0.15) is 47.0 Å². The summed E-state index contributed by atoms with van der Waals surface area (Å²) in [4.78, 5) is 7.01. The van der Waals surface area contributed by atoms with Crippen LogP contribution in [0.3, 0.4) is 0 Å². The molecule has 6 rings (SSSR count). The normalized spacial score (nSPS) is 24.9. The molecule has 2 aliphatic heterocycles. The summed E-state index contributed by atoms with van der Waals surface area (Å²) in [6.45, 7) is 2.07. The van der Waals surface area contributed by atoms with Gasteiger partial charge in [0.15, 0.2) is 0 Å². The van der Waals surface area contributed by atoms with Gasteiger partial charge in [-0.2, -0.15) is 0 Å². The van der Waals surface area contributed by atoms with Crippen LogP contribution in [0.5, 0.6) is 0 Å². The molecule has 2 unspecified atom stereocenters. The molecule has 1 fully saturated rings. The number of nitrogens with zero attached hydrogens (tertiary/aromatic N) is 3. The Labute approximate surface area is 164 Å². The Balaban J connectivity index is 1.59. The van der Waals surface area contributed by atoms with Crippen LogP contribution in [0.2, 0.25) is 5.02 Å². The second-order valence-electron chi connectivity index (χ2n) is 8.32. The van der Waals surface area contributed by atoms with Crippen molar-refractivity contribution in [3.05, 3.63) is 63.6 Å². The molecule has 0 spiro atoms. The van der Waals surface area contributed by atoms with E-state index in [4.69, 9.17) is 11.6 Å². The molecule has 4 heterocycles. The van der Waals surface area contributed by atoms with E-state index in [2.05, 4.69) is 52.8 Å². The monoisotopic (exact) mass is 375 g/mol. The van der Waals surface area contributed by atoms with Crippen LogP contribution in [0.4, 0.5) is 0 Å². The lowest BCUT2D eigenvalue weighted by Crippen LogP contribution is -2.34. The summed E-state index contributed by atoms with van der Waals surface area (Å²) in [6.07, 6.45) is 9.09. The van der Waals surface area contributed by atoms with E-state index in [1.807, 2.05) is 12.3 Å². The van der Waals surface area contributed by atoms with E-state index in [0.717, 1.165) is 23.6 Å². The predicted molar refractivity (Wildman–Crippen MR) is 111 cm³/mol.